The molecule has 0 aromatic carbocycles. The van der Waals surface area contributed by atoms with Crippen LogP contribution in [0.15, 0.2) is 35.3 Å². The van der Waals surface area contributed by atoms with Crippen LogP contribution in [0, 0.1) is 0 Å². The summed E-state index contributed by atoms with van der Waals surface area (Å²) >= 11 is 0. The summed E-state index contributed by atoms with van der Waals surface area (Å²) in [4.78, 5) is 4.35. The van der Waals surface area contributed by atoms with E-state index in [9.17, 15) is 0 Å². The number of hydrogen-bond donors (Lipinski definition) is 3. The summed E-state index contributed by atoms with van der Waals surface area (Å²) in [6.45, 7) is 1.99. The molecule has 6 heteroatoms. The van der Waals surface area contributed by atoms with Crippen LogP contribution in [0.25, 0.3) is 0 Å². The van der Waals surface area contributed by atoms with Crippen LogP contribution in [0.5, 0.6) is 0 Å². The van der Waals surface area contributed by atoms with Crippen LogP contribution in [-0.4, -0.2) is 15.6 Å². The SMILES string of the molecule is CCC1(n2cccn2)N=C(N)C=C(N)N1. The van der Waals surface area contributed by atoms with Gasteiger partial charge in [0.05, 0.1) is 0 Å². The quantitative estimate of drug-likeness (QED) is 0.617. The number of aromatic nitrogens is 2. The third-order valence-corrected chi connectivity index (χ3v) is 2.34. The minimum absolute atomic E-state index is 0.406. The molecule has 0 bridgehead atoms. The molecule has 0 saturated carbocycles. The van der Waals surface area contributed by atoms with Gasteiger partial charge >= 0.3 is 0 Å². The Balaban J connectivity index is 2.44. The molecule has 1 aliphatic heterocycles. The van der Waals surface area contributed by atoms with Crippen molar-refractivity contribution in [2.45, 2.75) is 19.1 Å². The third-order valence-electron chi connectivity index (χ3n) is 2.34. The van der Waals surface area contributed by atoms with Crippen molar-refractivity contribution < 1.29 is 0 Å². The molecular formula is C9H14N6. The summed E-state index contributed by atoms with van der Waals surface area (Å²) in [6, 6.07) is 1.83. The van der Waals surface area contributed by atoms with Gasteiger partial charge in [0.1, 0.15) is 11.7 Å². The molecule has 0 aliphatic carbocycles. The predicted molar refractivity (Wildman–Crippen MR) is 57.5 cm³/mol. The first-order valence-corrected chi connectivity index (χ1v) is 4.77. The highest BCUT2D eigenvalue weighted by atomic mass is 15.5. The number of amidine groups is 1. The third kappa shape index (κ3) is 1.54. The van der Waals surface area contributed by atoms with Gasteiger partial charge in [-0.15, -0.1) is 0 Å². The second-order valence-corrected chi connectivity index (χ2v) is 3.38. The standard InChI is InChI=1S/C9H14N6/c1-2-9(15-5-3-4-12-15)13-7(10)6-8(11)14-9/h3-6,13H,2,10H2,1H3,(H2,11,14). The van der Waals surface area contributed by atoms with E-state index in [1.807, 2.05) is 19.2 Å². The molecule has 80 valence electrons. The molecular weight excluding hydrogens is 192 g/mol. The molecule has 1 aliphatic rings. The summed E-state index contributed by atoms with van der Waals surface area (Å²) in [5.74, 6) is 0.218. The van der Waals surface area contributed by atoms with Gasteiger partial charge in [-0.05, 0) is 6.07 Å². The van der Waals surface area contributed by atoms with E-state index in [2.05, 4.69) is 15.4 Å². The fourth-order valence-corrected chi connectivity index (χ4v) is 1.63. The van der Waals surface area contributed by atoms with Gasteiger partial charge in [0.15, 0.2) is 0 Å². The molecule has 1 aromatic rings. The normalized spacial score (nSPS) is 25.4. The van der Waals surface area contributed by atoms with Gasteiger partial charge in [-0.25, -0.2) is 9.67 Å². The summed E-state index contributed by atoms with van der Waals surface area (Å²) < 4.78 is 1.71. The Hall–Kier alpha value is -1.98. The number of aliphatic imine (C=N–C) groups is 1. The Kier molecular flexibility index (Phi) is 2.11. The maximum Gasteiger partial charge on any atom is 0.229 e. The average Bonchev–Trinajstić information content (AvgIpc) is 2.69. The van der Waals surface area contributed by atoms with Crippen molar-refractivity contribution in [3.63, 3.8) is 0 Å². The first kappa shape index (κ1) is 9.57. The van der Waals surface area contributed by atoms with Crippen molar-refractivity contribution in [1.29, 1.82) is 0 Å². The second-order valence-electron chi connectivity index (χ2n) is 3.38. The highest BCUT2D eigenvalue weighted by Crippen LogP contribution is 2.21. The molecule has 1 unspecified atom stereocenters. The molecule has 5 N–H and O–H groups in total. The summed E-state index contributed by atoms with van der Waals surface area (Å²) in [7, 11) is 0. The highest BCUT2D eigenvalue weighted by Gasteiger charge is 2.32. The van der Waals surface area contributed by atoms with Crippen LogP contribution in [0.3, 0.4) is 0 Å². The van der Waals surface area contributed by atoms with E-state index in [1.165, 1.54) is 0 Å². The van der Waals surface area contributed by atoms with Crippen LogP contribution >= 0.6 is 0 Å². The summed E-state index contributed by atoms with van der Waals surface area (Å²) in [5, 5.41) is 7.24. The maximum absolute atomic E-state index is 5.73. The molecule has 1 atom stereocenters. The fraction of sp³-hybridized carbons (Fsp3) is 0.333. The number of nitrogens with zero attached hydrogens (tertiary/aromatic N) is 3. The Morgan fingerprint density at radius 1 is 1.53 bits per heavy atom. The lowest BCUT2D eigenvalue weighted by atomic mass is 10.2. The Morgan fingerprint density at radius 2 is 2.33 bits per heavy atom. The molecule has 1 aromatic heterocycles. The van der Waals surface area contributed by atoms with E-state index < -0.39 is 5.79 Å². The molecule has 0 radical (unpaired) electrons. The molecule has 15 heavy (non-hydrogen) atoms. The molecule has 0 amide bonds. The zero-order valence-corrected chi connectivity index (χ0v) is 8.51. The van der Waals surface area contributed by atoms with E-state index in [-0.39, 0.29) is 0 Å². The van der Waals surface area contributed by atoms with Crippen LogP contribution in [0.1, 0.15) is 13.3 Å². The van der Waals surface area contributed by atoms with Gasteiger partial charge in [0.2, 0.25) is 5.79 Å². The highest BCUT2D eigenvalue weighted by molar-refractivity contribution is 5.92. The number of nitrogens with one attached hydrogen (secondary N) is 1. The van der Waals surface area contributed by atoms with Crippen LogP contribution in [0.4, 0.5) is 0 Å². The molecule has 0 spiro atoms. The van der Waals surface area contributed by atoms with Crippen molar-refractivity contribution in [2.75, 3.05) is 0 Å². The lowest BCUT2D eigenvalue weighted by molar-refractivity contribution is 0.210. The fourth-order valence-electron chi connectivity index (χ4n) is 1.63. The molecule has 2 heterocycles. The minimum atomic E-state index is -0.688. The van der Waals surface area contributed by atoms with Crippen molar-refractivity contribution in [1.82, 2.24) is 15.1 Å². The van der Waals surface area contributed by atoms with E-state index in [0.29, 0.717) is 18.1 Å². The zero-order valence-electron chi connectivity index (χ0n) is 8.51. The number of hydrogen-bond acceptors (Lipinski definition) is 5. The van der Waals surface area contributed by atoms with E-state index in [1.54, 1.807) is 17.0 Å². The van der Waals surface area contributed by atoms with Gasteiger partial charge in [-0.1, -0.05) is 6.92 Å². The lowest BCUT2D eigenvalue weighted by Crippen LogP contribution is -2.50. The van der Waals surface area contributed by atoms with Crippen molar-refractivity contribution in [3.8, 4) is 0 Å². The van der Waals surface area contributed by atoms with Gasteiger partial charge in [-0.2, -0.15) is 5.10 Å². The van der Waals surface area contributed by atoms with E-state index >= 15 is 0 Å². The largest absolute Gasteiger partial charge is 0.385 e. The second kappa shape index (κ2) is 3.30. The first-order chi connectivity index (χ1) is 7.16. The minimum Gasteiger partial charge on any atom is -0.385 e. The van der Waals surface area contributed by atoms with Gasteiger partial charge in [0, 0.05) is 24.9 Å². The Labute approximate surface area is 87.7 Å². The first-order valence-electron chi connectivity index (χ1n) is 4.77. The zero-order chi connectivity index (χ0) is 10.9. The Bertz CT molecular complexity index is 404. The number of rotatable bonds is 2. The van der Waals surface area contributed by atoms with Crippen LogP contribution in [-0.2, 0) is 5.79 Å². The maximum atomic E-state index is 5.73. The lowest BCUT2D eigenvalue weighted by Gasteiger charge is -2.33. The molecule has 0 saturated heterocycles. The van der Waals surface area contributed by atoms with Crippen LogP contribution < -0.4 is 16.8 Å². The van der Waals surface area contributed by atoms with Gasteiger partial charge in [-0.3, -0.25) is 0 Å². The van der Waals surface area contributed by atoms with Crippen LogP contribution in [0.2, 0.25) is 0 Å². The van der Waals surface area contributed by atoms with Crippen molar-refractivity contribution in [3.05, 3.63) is 30.4 Å². The summed E-state index contributed by atoms with van der Waals surface area (Å²) in [6.07, 6.45) is 5.81. The number of nitrogens with two attached hydrogens (primary N) is 2. The molecule has 6 nitrogen and oxygen atoms in total. The molecule has 0 fully saturated rings. The van der Waals surface area contributed by atoms with Gasteiger partial charge in [0.25, 0.3) is 0 Å². The monoisotopic (exact) mass is 206 g/mol. The van der Waals surface area contributed by atoms with Crippen molar-refractivity contribution >= 4 is 5.84 Å². The topological polar surface area (TPSA) is 94.2 Å². The predicted octanol–water partition coefficient (Wildman–Crippen LogP) is -0.336. The van der Waals surface area contributed by atoms with Gasteiger partial charge < -0.3 is 16.8 Å². The molecule has 2 rings (SSSR count). The van der Waals surface area contributed by atoms with Crippen molar-refractivity contribution in [2.24, 2.45) is 16.5 Å². The Morgan fingerprint density at radius 3 is 2.87 bits per heavy atom. The van der Waals surface area contributed by atoms with E-state index in [4.69, 9.17) is 11.5 Å². The smallest absolute Gasteiger partial charge is 0.229 e. The van der Waals surface area contributed by atoms with E-state index in [0.717, 1.165) is 0 Å². The average molecular weight is 206 g/mol. The summed E-state index contributed by atoms with van der Waals surface area (Å²) in [5.41, 5.74) is 11.4.